The molecular weight excluding hydrogens is 867 g/mol. The molecular formula is C49H61IN4O6. The normalized spacial score (nSPS) is 15.3. The minimum atomic E-state index is -0.292. The molecule has 2 unspecified atom stereocenters. The van der Waals surface area contributed by atoms with Crippen LogP contribution in [0.3, 0.4) is 0 Å². The molecule has 0 aliphatic carbocycles. The summed E-state index contributed by atoms with van der Waals surface area (Å²) in [7, 11) is 2.80. The first kappa shape index (κ1) is 49.3. The number of hydrogen-bond acceptors (Lipinski definition) is 8. The monoisotopic (exact) mass is 928 g/mol. The summed E-state index contributed by atoms with van der Waals surface area (Å²) in [6.45, 7) is 5.52. The summed E-state index contributed by atoms with van der Waals surface area (Å²) in [5, 5.41) is 9.59. The van der Waals surface area contributed by atoms with Gasteiger partial charge in [0.1, 0.15) is 5.69 Å². The average Bonchev–Trinajstić information content (AvgIpc) is 3.26. The molecule has 0 saturated carbocycles. The van der Waals surface area contributed by atoms with Crippen molar-refractivity contribution in [3.05, 3.63) is 157 Å². The van der Waals surface area contributed by atoms with Crippen LogP contribution in [0.15, 0.2) is 120 Å². The Morgan fingerprint density at radius 1 is 0.700 bits per heavy atom. The molecule has 60 heavy (non-hydrogen) atoms. The van der Waals surface area contributed by atoms with Gasteiger partial charge in [0.15, 0.2) is 0 Å². The predicted octanol–water partition coefficient (Wildman–Crippen LogP) is 9.55. The van der Waals surface area contributed by atoms with Gasteiger partial charge in [0.2, 0.25) is 5.91 Å². The van der Waals surface area contributed by atoms with E-state index < -0.39 is 0 Å². The second-order valence-electron chi connectivity index (χ2n) is 14.5. The minimum Gasteiger partial charge on any atom is -0.465 e. The molecule has 2 atom stereocenters. The van der Waals surface area contributed by atoms with Crippen LogP contribution in [0.5, 0.6) is 0 Å². The number of anilines is 1. The van der Waals surface area contributed by atoms with Gasteiger partial charge in [-0.25, -0.2) is 9.59 Å². The molecule has 2 aliphatic rings. The summed E-state index contributed by atoms with van der Waals surface area (Å²) in [5.41, 5.74) is 6.91. The fourth-order valence-electron chi connectivity index (χ4n) is 6.88. The quantitative estimate of drug-likeness (QED) is 0.0893. The van der Waals surface area contributed by atoms with E-state index in [2.05, 4.69) is 103 Å². The van der Waals surface area contributed by atoms with Gasteiger partial charge >= 0.3 is 11.9 Å². The highest BCUT2D eigenvalue weighted by atomic mass is 127. The number of amides is 1. The third-order valence-electron chi connectivity index (χ3n) is 9.84. The molecule has 4 aromatic carbocycles. The van der Waals surface area contributed by atoms with E-state index in [0.717, 1.165) is 39.3 Å². The Balaban J connectivity index is 0.000000224. The molecule has 5 aromatic rings. The fourth-order valence-corrected chi connectivity index (χ4v) is 7.49. The molecule has 0 radical (unpaired) electrons. The predicted molar refractivity (Wildman–Crippen MR) is 252 cm³/mol. The number of rotatable bonds is 8. The molecule has 2 aliphatic heterocycles. The zero-order chi connectivity index (χ0) is 42.4. The van der Waals surface area contributed by atoms with Gasteiger partial charge < -0.3 is 30.4 Å². The van der Waals surface area contributed by atoms with Crippen LogP contribution >= 0.6 is 22.6 Å². The Labute approximate surface area is 369 Å². The number of aromatic nitrogens is 1. The molecule has 0 spiro atoms. The number of nitrogens with one attached hydrogen (secondary N) is 4. The zero-order valence-electron chi connectivity index (χ0n) is 34.5. The molecule has 0 bridgehead atoms. The largest absolute Gasteiger partial charge is 0.465 e. The van der Waals surface area contributed by atoms with Crippen LogP contribution in [0, 0.1) is 10.5 Å². The first-order valence-electron chi connectivity index (χ1n) is 20.1. The van der Waals surface area contributed by atoms with Crippen molar-refractivity contribution < 1.29 is 23.9 Å². The maximum Gasteiger partial charge on any atom is 0.338 e. The van der Waals surface area contributed by atoms with Crippen molar-refractivity contribution in [3.63, 3.8) is 0 Å². The third kappa shape index (κ3) is 16.9. The first-order valence-corrected chi connectivity index (χ1v) is 21.2. The number of halogens is 1. The minimum absolute atomic E-state index is 0. The molecule has 4 N–H and O–H groups in total. The Hall–Kier alpha value is -5.11. The molecule has 3 heterocycles. The number of aryl methyl sites for hydroxylation is 1. The molecule has 11 heteroatoms. The first-order chi connectivity index (χ1) is 28.6. The van der Waals surface area contributed by atoms with E-state index in [1.807, 2.05) is 49.4 Å². The van der Waals surface area contributed by atoms with Crippen molar-refractivity contribution in [1.29, 1.82) is 0 Å². The Morgan fingerprint density at radius 3 is 1.83 bits per heavy atom. The van der Waals surface area contributed by atoms with Crippen LogP contribution in [0.1, 0.15) is 90.3 Å². The van der Waals surface area contributed by atoms with Gasteiger partial charge in [-0.15, -0.1) is 0 Å². The topological polar surface area (TPSA) is 139 Å². The molecule has 320 valence electrons. The van der Waals surface area contributed by atoms with Crippen LogP contribution in [0.4, 0.5) is 5.69 Å². The average molecular weight is 929 g/mol. The lowest BCUT2D eigenvalue weighted by Gasteiger charge is -2.23. The van der Waals surface area contributed by atoms with Crippen molar-refractivity contribution in [1.82, 2.24) is 15.6 Å². The Morgan fingerprint density at radius 2 is 1.25 bits per heavy atom. The van der Waals surface area contributed by atoms with Gasteiger partial charge in [0, 0.05) is 28.8 Å². The number of carbonyl (C=O) groups is 3. The molecule has 10 nitrogen and oxygen atoms in total. The van der Waals surface area contributed by atoms with Gasteiger partial charge in [0.05, 0.1) is 25.3 Å². The highest BCUT2D eigenvalue weighted by Crippen LogP contribution is 2.26. The van der Waals surface area contributed by atoms with Gasteiger partial charge in [0.25, 0.3) is 5.56 Å². The summed E-state index contributed by atoms with van der Waals surface area (Å²) in [5.74, 6) is -0.818. The molecule has 1 amide bonds. The summed E-state index contributed by atoms with van der Waals surface area (Å²) >= 11 is 2.10. The lowest BCUT2D eigenvalue weighted by Crippen LogP contribution is -2.35. The second kappa shape index (κ2) is 26.9. The third-order valence-corrected chi connectivity index (χ3v) is 10.8. The highest BCUT2D eigenvalue weighted by Gasteiger charge is 2.16. The zero-order valence-corrected chi connectivity index (χ0v) is 36.7. The standard InChI is InChI=1S/C20H23NO2.C12H17N.C8H7IO2.C8H10N2O2.CH4/c1-23-20(22)19-11-3-2-10-18(19)16-8-6-7-15(13-16)14-17-9-4-5-12-21-17;1-2-6-11(7-3-1)10-12-8-4-5-9-13-12;1-11-8(10)6-4-2-3-5-7(6)9;1-5-3-7(10-6(2)11)8(12)9-4-5;/h2-3,6-8,10-11,13,17,21H,4-5,9,12,14H2,1H3;1-3,6-7,12-13H,4-5,8-10H2;2-5H,1H3;3-4H,1-2H3,(H,9,12)(H,10,11);1H4. The Kier molecular flexibility index (Phi) is 22.1. The van der Waals surface area contributed by atoms with Crippen molar-refractivity contribution in [2.45, 2.75) is 84.7 Å². The van der Waals surface area contributed by atoms with E-state index in [4.69, 9.17) is 4.74 Å². The summed E-state index contributed by atoms with van der Waals surface area (Å²) in [6, 6.07) is 37.1. The lowest BCUT2D eigenvalue weighted by molar-refractivity contribution is -0.114. The molecule has 2 saturated heterocycles. The summed E-state index contributed by atoms with van der Waals surface area (Å²) in [6.07, 6.45) is 11.7. The second-order valence-corrected chi connectivity index (χ2v) is 15.7. The molecule has 1 aromatic heterocycles. The number of pyridine rings is 1. The highest BCUT2D eigenvalue weighted by molar-refractivity contribution is 14.1. The van der Waals surface area contributed by atoms with Crippen molar-refractivity contribution in [3.8, 4) is 11.1 Å². The number of H-pyrrole nitrogens is 1. The number of hydrogen-bond donors (Lipinski definition) is 4. The number of esters is 2. The summed E-state index contributed by atoms with van der Waals surface area (Å²) < 4.78 is 10.4. The maximum atomic E-state index is 12.0. The van der Waals surface area contributed by atoms with E-state index in [-0.39, 0.29) is 30.8 Å². The van der Waals surface area contributed by atoms with Gasteiger partial charge in [-0.2, -0.15) is 0 Å². The molecule has 7 rings (SSSR count). The van der Waals surface area contributed by atoms with Crippen LogP contribution in [0.25, 0.3) is 11.1 Å². The SMILES string of the molecule is C.CC(=O)Nc1cc(C)c[nH]c1=O.COC(=O)c1ccccc1-c1cccc(CC2CCCCN2)c1.COC(=O)c1ccccc1I.c1ccc(CC2CCCCN2)cc1. The smallest absolute Gasteiger partial charge is 0.338 e. The van der Waals surface area contributed by atoms with Crippen LogP contribution in [0.2, 0.25) is 0 Å². The van der Waals surface area contributed by atoms with Gasteiger partial charge in [-0.1, -0.05) is 105 Å². The maximum absolute atomic E-state index is 12.0. The van der Waals surface area contributed by atoms with E-state index in [0.29, 0.717) is 22.9 Å². The van der Waals surface area contributed by atoms with E-state index in [1.165, 1.54) is 83.8 Å². The number of methoxy groups -OCH3 is 2. The van der Waals surface area contributed by atoms with Crippen LogP contribution < -0.4 is 21.5 Å². The van der Waals surface area contributed by atoms with Crippen molar-refractivity contribution >= 4 is 46.1 Å². The van der Waals surface area contributed by atoms with E-state index in [1.54, 1.807) is 18.3 Å². The number of benzene rings is 4. The van der Waals surface area contributed by atoms with Gasteiger partial charge in [-0.05, 0) is 133 Å². The van der Waals surface area contributed by atoms with Crippen molar-refractivity contribution in [2.75, 3.05) is 32.6 Å². The van der Waals surface area contributed by atoms with Crippen molar-refractivity contribution in [2.24, 2.45) is 0 Å². The number of ether oxygens (including phenoxy) is 2. The Bertz CT molecular complexity index is 2130. The van der Waals surface area contributed by atoms with Gasteiger partial charge in [-0.3, -0.25) is 9.59 Å². The fraction of sp³-hybridized carbons (Fsp3) is 0.347. The number of carbonyl (C=O) groups excluding carboxylic acids is 3. The molecule has 2 fully saturated rings. The van der Waals surface area contributed by atoms with E-state index in [9.17, 15) is 19.2 Å². The van der Waals surface area contributed by atoms with E-state index >= 15 is 0 Å². The lowest BCUT2D eigenvalue weighted by atomic mass is 9.94. The van der Waals surface area contributed by atoms with Crippen LogP contribution in [-0.4, -0.2) is 62.2 Å². The number of piperidine rings is 2. The van der Waals surface area contributed by atoms with Crippen LogP contribution in [-0.2, 0) is 27.1 Å². The number of aromatic amines is 1. The summed E-state index contributed by atoms with van der Waals surface area (Å²) in [4.78, 5) is 47.1.